The van der Waals surface area contributed by atoms with Crippen LogP contribution in [0.4, 0.5) is 0 Å². The summed E-state index contributed by atoms with van der Waals surface area (Å²) in [5.74, 6) is 0. The zero-order valence-corrected chi connectivity index (χ0v) is 30.0. The fraction of sp³-hybridized carbons (Fsp3) is 0.0400. The highest BCUT2D eigenvalue weighted by molar-refractivity contribution is 6.25. The summed E-state index contributed by atoms with van der Waals surface area (Å²) in [6.07, 6.45) is 7.47. The molecule has 4 heterocycles. The molecule has 0 saturated heterocycles. The van der Waals surface area contributed by atoms with Crippen molar-refractivity contribution in [2.24, 2.45) is 0 Å². The van der Waals surface area contributed by atoms with Gasteiger partial charge in [0.2, 0.25) is 0 Å². The molecular weight excluding hydrogens is 657 g/mol. The van der Waals surface area contributed by atoms with Crippen molar-refractivity contribution in [2.75, 3.05) is 0 Å². The van der Waals surface area contributed by atoms with Crippen LogP contribution in [-0.4, -0.2) is 19.9 Å². The van der Waals surface area contributed by atoms with Crippen molar-refractivity contribution in [1.29, 1.82) is 0 Å². The minimum Gasteiger partial charge on any atom is -0.264 e. The molecule has 0 aliphatic heterocycles. The molecule has 0 spiro atoms. The van der Waals surface area contributed by atoms with E-state index in [0.29, 0.717) is 0 Å². The van der Waals surface area contributed by atoms with Gasteiger partial charge >= 0.3 is 0 Å². The summed E-state index contributed by atoms with van der Waals surface area (Å²) in [6.45, 7) is 4.54. The van der Waals surface area contributed by atoms with Crippen LogP contribution in [-0.2, 0) is 0 Å². The van der Waals surface area contributed by atoms with Crippen LogP contribution in [0.5, 0.6) is 0 Å². The monoisotopic (exact) mass is 690 g/mol. The highest BCUT2D eigenvalue weighted by atomic mass is 14.7. The Labute approximate surface area is 313 Å². The van der Waals surface area contributed by atoms with Crippen LogP contribution in [0.15, 0.2) is 170 Å². The predicted octanol–water partition coefficient (Wildman–Crippen LogP) is 12.8. The van der Waals surface area contributed by atoms with Crippen molar-refractivity contribution in [3.05, 3.63) is 182 Å². The van der Waals surface area contributed by atoms with E-state index >= 15 is 0 Å². The first-order chi connectivity index (χ1) is 26.6. The molecule has 4 aromatic heterocycles. The zero-order valence-electron chi connectivity index (χ0n) is 30.0. The molecule has 0 bridgehead atoms. The SMILES string of the molecule is Cc1c2c(-c3cccc(-c4cc(-c5cccnc5)cc(-c5cccnc5)c4)c3)nc3ccccc3c2c(C)c2c(-c3ccccc3)nc3ccccc3c12. The minimum absolute atomic E-state index is 0.972. The molecule has 0 N–H and O–H groups in total. The first kappa shape index (κ1) is 31.7. The number of aryl methyl sites for hydroxylation is 2. The molecule has 54 heavy (non-hydrogen) atoms. The molecule has 0 radical (unpaired) electrons. The molecule has 10 aromatic rings. The van der Waals surface area contributed by atoms with Crippen molar-refractivity contribution in [1.82, 2.24) is 19.9 Å². The Morgan fingerprint density at radius 3 is 1.30 bits per heavy atom. The van der Waals surface area contributed by atoms with E-state index in [2.05, 4.69) is 157 Å². The van der Waals surface area contributed by atoms with E-state index in [1.165, 1.54) is 32.7 Å². The van der Waals surface area contributed by atoms with E-state index in [1.54, 1.807) is 0 Å². The van der Waals surface area contributed by atoms with Gasteiger partial charge in [-0.15, -0.1) is 0 Å². The smallest absolute Gasteiger partial charge is 0.0791 e. The highest BCUT2D eigenvalue weighted by Gasteiger charge is 2.22. The largest absolute Gasteiger partial charge is 0.264 e. The number of para-hydroxylation sites is 2. The quantitative estimate of drug-likeness (QED) is 0.133. The van der Waals surface area contributed by atoms with Crippen molar-refractivity contribution in [2.45, 2.75) is 13.8 Å². The molecule has 0 unspecified atom stereocenters. The molecule has 4 nitrogen and oxygen atoms in total. The van der Waals surface area contributed by atoms with Crippen molar-refractivity contribution in [3.8, 4) is 55.9 Å². The Morgan fingerprint density at radius 1 is 0.333 bits per heavy atom. The van der Waals surface area contributed by atoms with Gasteiger partial charge in [-0.3, -0.25) is 9.97 Å². The van der Waals surface area contributed by atoms with Crippen LogP contribution < -0.4 is 0 Å². The van der Waals surface area contributed by atoms with Gasteiger partial charge in [-0.1, -0.05) is 97.1 Å². The Morgan fingerprint density at radius 2 is 0.759 bits per heavy atom. The predicted molar refractivity (Wildman–Crippen MR) is 224 cm³/mol. The van der Waals surface area contributed by atoms with Gasteiger partial charge in [0.15, 0.2) is 0 Å². The molecule has 0 fully saturated rings. The fourth-order valence-corrected chi connectivity index (χ4v) is 8.24. The van der Waals surface area contributed by atoms with Gasteiger partial charge in [-0.05, 0) is 107 Å². The second kappa shape index (κ2) is 12.9. The first-order valence-electron chi connectivity index (χ1n) is 18.3. The average molecular weight is 691 g/mol. The average Bonchev–Trinajstić information content (AvgIpc) is 3.25. The summed E-state index contributed by atoms with van der Waals surface area (Å²) >= 11 is 0. The van der Waals surface area contributed by atoms with E-state index in [0.717, 1.165) is 77.7 Å². The van der Waals surface area contributed by atoms with Crippen LogP contribution in [0.3, 0.4) is 0 Å². The third-order valence-electron chi connectivity index (χ3n) is 10.7. The normalized spacial score (nSPS) is 11.5. The number of hydrogen-bond donors (Lipinski definition) is 0. The second-order valence-corrected chi connectivity index (χ2v) is 13.9. The van der Waals surface area contributed by atoms with E-state index < -0.39 is 0 Å². The molecule has 0 saturated carbocycles. The Bertz CT molecular complexity index is 2990. The molecule has 10 rings (SSSR count). The van der Waals surface area contributed by atoms with Gasteiger partial charge in [0.05, 0.1) is 22.4 Å². The lowest BCUT2D eigenvalue weighted by Gasteiger charge is -2.21. The van der Waals surface area contributed by atoms with E-state index in [9.17, 15) is 0 Å². The Balaban J connectivity index is 1.27. The van der Waals surface area contributed by atoms with Crippen LogP contribution in [0, 0.1) is 13.8 Å². The summed E-state index contributed by atoms with van der Waals surface area (Å²) in [5, 5.41) is 7.11. The zero-order chi connectivity index (χ0) is 36.2. The number of aromatic nitrogens is 4. The summed E-state index contributed by atoms with van der Waals surface area (Å²) in [7, 11) is 0. The molecule has 4 heteroatoms. The summed E-state index contributed by atoms with van der Waals surface area (Å²) in [5.41, 5.74) is 15.1. The van der Waals surface area contributed by atoms with Crippen LogP contribution >= 0.6 is 0 Å². The van der Waals surface area contributed by atoms with Crippen molar-refractivity contribution >= 4 is 43.4 Å². The Hall–Kier alpha value is -7.04. The maximum Gasteiger partial charge on any atom is 0.0791 e. The number of nitrogens with zero attached hydrogens (tertiary/aromatic N) is 4. The van der Waals surface area contributed by atoms with Gasteiger partial charge in [-0.25, -0.2) is 9.97 Å². The number of fused-ring (bicyclic) bond motifs is 6. The molecule has 0 aliphatic carbocycles. The highest BCUT2D eigenvalue weighted by Crippen LogP contribution is 2.46. The molecule has 0 amide bonds. The van der Waals surface area contributed by atoms with Gasteiger partial charge in [-0.2, -0.15) is 0 Å². The Kier molecular flexibility index (Phi) is 7.55. The van der Waals surface area contributed by atoms with Gasteiger partial charge in [0.25, 0.3) is 0 Å². The molecule has 0 atom stereocenters. The van der Waals surface area contributed by atoms with Gasteiger partial charge < -0.3 is 0 Å². The van der Waals surface area contributed by atoms with Crippen molar-refractivity contribution in [3.63, 3.8) is 0 Å². The second-order valence-electron chi connectivity index (χ2n) is 13.9. The van der Waals surface area contributed by atoms with Crippen LogP contribution in [0.25, 0.3) is 99.2 Å². The third-order valence-corrected chi connectivity index (χ3v) is 10.7. The van der Waals surface area contributed by atoms with E-state index in [4.69, 9.17) is 9.97 Å². The summed E-state index contributed by atoms with van der Waals surface area (Å²) < 4.78 is 0. The molecule has 6 aromatic carbocycles. The third kappa shape index (κ3) is 5.22. The number of benzene rings is 6. The standard InChI is InChI=1S/C50H34N4/c1-31-46-42-20-7-9-22-44(42)54-50(48(46)32(2)45-41-19-6-8-21-43(41)53-49(47(31)45)33-13-4-3-5-14-33)35-16-10-15-34(25-35)38-26-39(36-17-11-23-51-29-36)28-40(27-38)37-18-12-24-52-30-37/h3-30H,1-2H3. The number of rotatable bonds is 5. The lowest BCUT2D eigenvalue weighted by Crippen LogP contribution is -1.99. The molecule has 254 valence electrons. The van der Waals surface area contributed by atoms with Crippen LogP contribution in [0.1, 0.15) is 11.1 Å². The maximum atomic E-state index is 5.48. The summed E-state index contributed by atoms with van der Waals surface area (Å²) in [6, 6.07) is 51.4. The maximum absolute atomic E-state index is 5.48. The van der Waals surface area contributed by atoms with E-state index in [1.807, 2.05) is 36.9 Å². The fourth-order valence-electron chi connectivity index (χ4n) is 8.24. The number of hydrogen-bond acceptors (Lipinski definition) is 4. The lowest BCUT2D eigenvalue weighted by atomic mass is 9.85. The summed E-state index contributed by atoms with van der Waals surface area (Å²) in [4.78, 5) is 19.7. The van der Waals surface area contributed by atoms with Crippen molar-refractivity contribution < 1.29 is 0 Å². The molecule has 0 aliphatic rings. The minimum atomic E-state index is 0.972. The topological polar surface area (TPSA) is 51.6 Å². The van der Waals surface area contributed by atoms with Gasteiger partial charge in [0.1, 0.15) is 0 Å². The van der Waals surface area contributed by atoms with Crippen LogP contribution in [0.2, 0.25) is 0 Å². The van der Waals surface area contributed by atoms with Gasteiger partial charge in [0, 0.05) is 68.6 Å². The lowest BCUT2D eigenvalue weighted by molar-refractivity contribution is 1.32. The first-order valence-corrected chi connectivity index (χ1v) is 18.3. The van der Waals surface area contributed by atoms with E-state index in [-0.39, 0.29) is 0 Å². The molecular formula is C50H34N4. The number of pyridine rings is 4.